The van der Waals surface area contributed by atoms with Gasteiger partial charge in [-0.05, 0) is 35.0 Å². The molecule has 0 bridgehead atoms. The summed E-state index contributed by atoms with van der Waals surface area (Å²) in [5.41, 5.74) is 0.829. The maximum absolute atomic E-state index is 12.4. The summed E-state index contributed by atoms with van der Waals surface area (Å²) in [5.74, 6) is 0.216. The van der Waals surface area contributed by atoms with Crippen LogP contribution in [0.3, 0.4) is 0 Å². The van der Waals surface area contributed by atoms with E-state index in [1.54, 1.807) is 18.2 Å². The molecule has 1 aromatic heterocycles. The van der Waals surface area contributed by atoms with Crippen LogP contribution in [0.1, 0.15) is 18.5 Å². The quantitative estimate of drug-likeness (QED) is 0.770. The first-order valence-electron chi connectivity index (χ1n) is 7.62. The van der Waals surface area contributed by atoms with E-state index in [2.05, 4.69) is 20.8 Å². The highest BCUT2D eigenvalue weighted by Gasteiger charge is 2.37. The highest BCUT2D eigenvalue weighted by atomic mass is 16.5. The van der Waals surface area contributed by atoms with Gasteiger partial charge in [-0.25, -0.2) is 4.79 Å². The van der Waals surface area contributed by atoms with Gasteiger partial charge in [-0.3, -0.25) is 4.79 Å². The smallest absolute Gasteiger partial charge is 0.355 e. The second-order valence-electron chi connectivity index (χ2n) is 5.43. The van der Waals surface area contributed by atoms with Gasteiger partial charge in [0.15, 0.2) is 17.3 Å². The lowest BCUT2D eigenvalue weighted by Gasteiger charge is -2.27. The van der Waals surface area contributed by atoms with E-state index in [4.69, 9.17) is 14.2 Å². The molecule has 2 aromatic rings. The number of esters is 1. The van der Waals surface area contributed by atoms with Crippen LogP contribution in [-0.4, -0.2) is 53.3 Å². The zero-order valence-corrected chi connectivity index (χ0v) is 14.6. The molecule has 0 radical (unpaired) electrons. The molecule has 0 spiro atoms. The summed E-state index contributed by atoms with van der Waals surface area (Å²) >= 11 is 0. The van der Waals surface area contributed by atoms with E-state index in [1.165, 1.54) is 32.9 Å². The van der Waals surface area contributed by atoms with E-state index in [1.807, 2.05) is 0 Å². The Morgan fingerprint density at radius 2 is 1.88 bits per heavy atom. The maximum Gasteiger partial charge on any atom is 0.355 e. The van der Waals surface area contributed by atoms with Crippen molar-refractivity contribution in [1.29, 1.82) is 0 Å². The molecule has 2 heterocycles. The number of aromatic nitrogens is 4. The fraction of sp³-hybridized carbons (Fsp3) is 0.312. The fourth-order valence-corrected chi connectivity index (χ4v) is 2.85. The Morgan fingerprint density at radius 3 is 2.50 bits per heavy atom. The fourth-order valence-electron chi connectivity index (χ4n) is 2.85. The predicted octanol–water partition coefficient (Wildman–Crippen LogP) is 0.721. The number of benzene rings is 1. The molecule has 0 unspecified atom stereocenters. The molecular formula is C16H17N5O5. The summed E-state index contributed by atoms with van der Waals surface area (Å²) in [5, 5.41) is 14.2. The Balaban J connectivity index is 2.24. The zero-order chi connectivity index (χ0) is 18.8. The Hall–Kier alpha value is -3.43. The van der Waals surface area contributed by atoms with Gasteiger partial charge in [0.2, 0.25) is 5.95 Å². The van der Waals surface area contributed by atoms with Crippen LogP contribution in [0.15, 0.2) is 29.5 Å². The second-order valence-corrected chi connectivity index (χ2v) is 5.43. The van der Waals surface area contributed by atoms with Crippen molar-refractivity contribution in [1.82, 2.24) is 20.2 Å². The number of ether oxygens (including phenoxy) is 3. The summed E-state index contributed by atoms with van der Waals surface area (Å²) < 4.78 is 16.8. The number of ketones is 1. The number of carbonyl (C=O) groups is 2. The van der Waals surface area contributed by atoms with Gasteiger partial charge in [-0.1, -0.05) is 11.2 Å². The molecule has 1 aromatic carbocycles. The van der Waals surface area contributed by atoms with Crippen LogP contribution in [-0.2, 0) is 14.3 Å². The normalized spacial score (nSPS) is 15.8. The highest BCUT2D eigenvalue weighted by Crippen LogP contribution is 2.38. The van der Waals surface area contributed by atoms with E-state index >= 15 is 0 Å². The van der Waals surface area contributed by atoms with Crippen molar-refractivity contribution in [2.75, 3.05) is 26.6 Å². The molecule has 136 valence electrons. The largest absolute Gasteiger partial charge is 0.493 e. The van der Waals surface area contributed by atoms with Crippen LogP contribution in [0.2, 0.25) is 0 Å². The lowest BCUT2D eigenvalue weighted by molar-refractivity contribution is -0.136. The second kappa shape index (κ2) is 6.82. The standard InChI is InChI=1S/C16H17N5O5/c1-8(22)12-13(15(23)26-4)17-16-18-19-20-21(16)14(12)9-5-6-10(24-2)11(7-9)25-3/h5-7,14H,1-4H3,(H,17,18,20)/t14-/m0/s1. The molecule has 1 atom stereocenters. The minimum absolute atomic E-state index is 0.00193. The van der Waals surface area contributed by atoms with Gasteiger partial charge in [0, 0.05) is 0 Å². The van der Waals surface area contributed by atoms with E-state index < -0.39 is 12.0 Å². The number of methoxy groups -OCH3 is 3. The first-order chi connectivity index (χ1) is 12.5. The van der Waals surface area contributed by atoms with Crippen molar-refractivity contribution >= 4 is 17.7 Å². The summed E-state index contributed by atoms with van der Waals surface area (Å²) in [4.78, 5) is 24.6. The van der Waals surface area contributed by atoms with Crippen LogP contribution >= 0.6 is 0 Å². The number of Topliss-reactive ketones (excluding diaryl/α,β-unsaturated/α-hetero) is 1. The van der Waals surface area contributed by atoms with Crippen molar-refractivity contribution < 1.29 is 23.8 Å². The first-order valence-corrected chi connectivity index (χ1v) is 7.62. The van der Waals surface area contributed by atoms with Gasteiger partial charge in [0.05, 0.1) is 26.9 Å². The first kappa shape index (κ1) is 17.4. The van der Waals surface area contributed by atoms with Gasteiger partial charge in [0.1, 0.15) is 11.7 Å². The molecule has 0 amide bonds. The minimum atomic E-state index is -0.729. The van der Waals surface area contributed by atoms with Crippen LogP contribution in [0, 0.1) is 0 Å². The van der Waals surface area contributed by atoms with Crippen LogP contribution < -0.4 is 14.8 Å². The number of tetrazole rings is 1. The molecule has 0 saturated heterocycles. The average molecular weight is 359 g/mol. The molecule has 10 nitrogen and oxygen atoms in total. The number of rotatable bonds is 5. The highest BCUT2D eigenvalue weighted by molar-refractivity contribution is 6.06. The van der Waals surface area contributed by atoms with Gasteiger partial charge in [-0.2, -0.15) is 4.68 Å². The monoisotopic (exact) mass is 359 g/mol. The summed E-state index contributed by atoms with van der Waals surface area (Å²) in [6.45, 7) is 1.36. The van der Waals surface area contributed by atoms with Crippen LogP contribution in [0.25, 0.3) is 0 Å². The van der Waals surface area contributed by atoms with E-state index in [9.17, 15) is 9.59 Å². The molecule has 1 N–H and O–H groups in total. The summed E-state index contributed by atoms with van der Waals surface area (Å²) in [7, 11) is 4.27. The molecule has 0 saturated carbocycles. The number of allylic oxidation sites excluding steroid dienone is 1. The van der Waals surface area contributed by atoms with Crippen LogP contribution in [0.4, 0.5) is 5.95 Å². The van der Waals surface area contributed by atoms with Crippen molar-refractivity contribution in [3.8, 4) is 11.5 Å². The van der Waals surface area contributed by atoms with Gasteiger partial charge >= 0.3 is 5.97 Å². The number of nitrogens with zero attached hydrogens (tertiary/aromatic N) is 4. The van der Waals surface area contributed by atoms with Gasteiger partial charge in [0.25, 0.3) is 0 Å². The van der Waals surface area contributed by atoms with Crippen LogP contribution in [0.5, 0.6) is 11.5 Å². The Bertz CT molecular complexity index is 904. The number of hydrogen-bond acceptors (Lipinski definition) is 9. The molecule has 3 rings (SSSR count). The third kappa shape index (κ3) is 2.75. The topological polar surface area (TPSA) is 117 Å². The number of nitrogens with one attached hydrogen (secondary N) is 1. The molecule has 1 aliphatic heterocycles. The van der Waals surface area contributed by atoms with E-state index in [-0.39, 0.29) is 23.0 Å². The third-order valence-corrected chi connectivity index (χ3v) is 4.01. The van der Waals surface area contributed by atoms with Gasteiger partial charge < -0.3 is 19.5 Å². The zero-order valence-electron chi connectivity index (χ0n) is 14.6. The molecule has 0 fully saturated rings. The van der Waals surface area contributed by atoms with Crippen molar-refractivity contribution in [2.45, 2.75) is 13.0 Å². The van der Waals surface area contributed by atoms with E-state index in [0.29, 0.717) is 17.1 Å². The number of hydrogen-bond donors (Lipinski definition) is 1. The summed E-state index contributed by atoms with van der Waals surface area (Å²) in [6.07, 6.45) is 0. The molecule has 1 aliphatic rings. The Morgan fingerprint density at radius 1 is 1.15 bits per heavy atom. The van der Waals surface area contributed by atoms with Crippen molar-refractivity contribution in [2.24, 2.45) is 0 Å². The van der Waals surface area contributed by atoms with Crippen molar-refractivity contribution in [3.63, 3.8) is 0 Å². The molecule has 0 aliphatic carbocycles. The van der Waals surface area contributed by atoms with Gasteiger partial charge in [-0.15, -0.1) is 0 Å². The average Bonchev–Trinajstić information content (AvgIpc) is 3.13. The molecule has 10 heteroatoms. The maximum atomic E-state index is 12.4. The lowest BCUT2D eigenvalue weighted by Crippen LogP contribution is -2.32. The third-order valence-electron chi connectivity index (χ3n) is 4.01. The molecular weight excluding hydrogens is 342 g/mol. The number of anilines is 1. The predicted molar refractivity (Wildman–Crippen MR) is 88.8 cm³/mol. The molecule has 26 heavy (non-hydrogen) atoms. The number of fused-ring (bicyclic) bond motifs is 1. The number of carbonyl (C=O) groups excluding carboxylic acids is 2. The lowest BCUT2D eigenvalue weighted by atomic mass is 9.92. The summed E-state index contributed by atoms with van der Waals surface area (Å²) in [6, 6.07) is 4.43. The SMILES string of the molecule is COC(=O)C1=C(C(C)=O)[C@H](c2ccc(OC)c(OC)c2)n2nnnc2N1. The van der Waals surface area contributed by atoms with E-state index in [0.717, 1.165) is 0 Å². The minimum Gasteiger partial charge on any atom is -0.493 e. The Kier molecular flexibility index (Phi) is 4.57. The Labute approximate surface area is 148 Å². The van der Waals surface area contributed by atoms with Crippen molar-refractivity contribution in [3.05, 3.63) is 35.0 Å².